The lowest BCUT2D eigenvalue weighted by atomic mass is 9.99. The van der Waals surface area contributed by atoms with E-state index in [-0.39, 0.29) is 24.1 Å². The smallest absolute Gasteiger partial charge is 0.224 e. The molecule has 110 valence electrons. The lowest BCUT2D eigenvalue weighted by Gasteiger charge is -2.29. The van der Waals surface area contributed by atoms with Crippen LogP contribution in [0.3, 0.4) is 0 Å². The lowest BCUT2D eigenvalue weighted by molar-refractivity contribution is -0.121. The molecule has 1 amide bonds. The molecule has 0 radical (unpaired) electrons. The molecule has 20 heavy (non-hydrogen) atoms. The fourth-order valence-electron chi connectivity index (χ4n) is 3.24. The standard InChI is InChI=1S/C15H19FN2O.ClH/c16-11-3-1-10(2-4-11)7-15(19)18-14-8-12-5-6-13(9-14)17-12;/h1-4,12-14,17H,5-9H2,(H,18,19);1H. The molecular weight excluding hydrogens is 279 g/mol. The predicted molar refractivity (Wildman–Crippen MR) is 78.5 cm³/mol. The van der Waals surface area contributed by atoms with E-state index in [1.165, 1.54) is 25.0 Å². The van der Waals surface area contributed by atoms with Gasteiger partial charge in [0.05, 0.1) is 6.42 Å². The summed E-state index contributed by atoms with van der Waals surface area (Å²) in [7, 11) is 0. The van der Waals surface area contributed by atoms with Crippen LogP contribution in [0.5, 0.6) is 0 Å². The Hall–Kier alpha value is -1.13. The zero-order valence-electron chi connectivity index (χ0n) is 11.3. The van der Waals surface area contributed by atoms with Gasteiger partial charge in [0.25, 0.3) is 0 Å². The maximum atomic E-state index is 12.8. The third-order valence-corrected chi connectivity index (χ3v) is 4.12. The van der Waals surface area contributed by atoms with Crippen LogP contribution in [0.4, 0.5) is 4.39 Å². The van der Waals surface area contributed by atoms with Crippen molar-refractivity contribution in [2.24, 2.45) is 0 Å². The second-order valence-corrected chi connectivity index (χ2v) is 5.68. The molecule has 2 atom stereocenters. The average molecular weight is 299 g/mol. The molecule has 1 aromatic rings. The van der Waals surface area contributed by atoms with E-state index in [1.807, 2.05) is 0 Å². The molecule has 2 unspecified atom stereocenters. The zero-order chi connectivity index (χ0) is 13.2. The predicted octanol–water partition coefficient (Wildman–Crippen LogP) is 2.19. The van der Waals surface area contributed by atoms with Gasteiger partial charge in [-0.05, 0) is 43.4 Å². The topological polar surface area (TPSA) is 41.1 Å². The second kappa shape index (κ2) is 6.55. The Labute approximate surface area is 124 Å². The molecule has 2 bridgehead atoms. The molecule has 2 aliphatic rings. The minimum atomic E-state index is -0.265. The van der Waals surface area contributed by atoms with Crippen LogP contribution in [0.1, 0.15) is 31.2 Å². The molecule has 0 spiro atoms. The van der Waals surface area contributed by atoms with Crippen LogP contribution in [0.2, 0.25) is 0 Å². The average Bonchev–Trinajstić information content (AvgIpc) is 2.72. The van der Waals surface area contributed by atoms with Crippen molar-refractivity contribution in [3.05, 3.63) is 35.6 Å². The van der Waals surface area contributed by atoms with Gasteiger partial charge in [-0.15, -0.1) is 12.4 Å². The maximum Gasteiger partial charge on any atom is 0.224 e. The fourth-order valence-corrected chi connectivity index (χ4v) is 3.24. The summed E-state index contributed by atoms with van der Waals surface area (Å²) in [6.07, 6.45) is 4.86. The first kappa shape index (κ1) is 15.3. The highest BCUT2D eigenvalue weighted by Crippen LogP contribution is 2.26. The van der Waals surface area contributed by atoms with Crippen molar-refractivity contribution in [1.82, 2.24) is 10.6 Å². The molecule has 2 saturated heterocycles. The fraction of sp³-hybridized carbons (Fsp3) is 0.533. The molecule has 0 saturated carbocycles. The molecule has 1 aromatic carbocycles. The van der Waals surface area contributed by atoms with Crippen molar-refractivity contribution in [3.63, 3.8) is 0 Å². The van der Waals surface area contributed by atoms with Crippen molar-refractivity contribution >= 4 is 18.3 Å². The van der Waals surface area contributed by atoms with Gasteiger partial charge in [0.2, 0.25) is 5.91 Å². The van der Waals surface area contributed by atoms with Crippen LogP contribution in [0, 0.1) is 5.82 Å². The summed E-state index contributed by atoms with van der Waals surface area (Å²) in [5, 5.41) is 6.67. The monoisotopic (exact) mass is 298 g/mol. The van der Waals surface area contributed by atoms with Crippen LogP contribution in [-0.2, 0) is 11.2 Å². The van der Waals surface area contributed by atoms with Crippen molar-refractivity contribution in [1.29, 1.82) is 0 Å². The number of carbonyl (C=O) groups excluding carboxylic acids is 1. The lowest BCUT2D eigenvalue weighted by Crippen LogP contribution is -2.48. The molecule has 0 aromatic heterocycles. The highest BCUT2D eigenvalue weighted by Gasteiger charge is 2.33. The first-order chi connectivity index (χ1) is 9.19. The largest absolute Gasteiger partial charge is 0.353 e. The summed E-state index contributed by atoms with van der Waals surface area (Å²) in [6, 6.07) is 7.58. The van der Waals surface area contributed by atoms with Crippen LogP contribution >= 0.6 is 12.4 Å². The highest BCUT2D eigenvalue weighted by molar-refractivity contribution is 5.85. The quantitative estimate of drug-likeness (QED) is 0.898. The molecule has 3 nitrogen and oxygen atoms in total. The van der Waals surface area contributed by atoms with Crippen LogP contribution < -0.4 is 10.6 Å². The molecule has 2 fully saturated rings. The number of benzene rings is 1. The maximum absolute atomic E-state index is 12.8. The van der Waals surface area contributed by atoms with E-state index in [1.54, 1.807) is 12.1 Å². The van der Waals surface area contributed by atoms with Gasteiger partial charge in [0, 0.05) is 18.1 Å². The van der Waals surface area contributed by atoms with E-state index in [2.05, 4.69) is 10.6 Å². The van der Waals surface area contributed by atoms with Crippen molar-refractivity contribution in [2.45, 2.75) is 50.2 Å². The number of nitrogens with one attached hydrogen (secondary N) is 2. The molecule has 2 heterocycles. The number of hydrogen-bond donors (Lipinski definition) is 2. The molecule has 0 aliphatic carbocycles. The Morgan fingerprint density at radius 1 is 1.20 bits per heavy atom. The van der Waals surface area contributed by atoms with E-state index in [0.29, 0.717) is 24.5 Å². The van der Waals surface area contributed by atoms with Crippen LogP contribution in [0.25, 0.3) is 0 Å². The molecule has 5 heteroatoms. The third-order valence-electron chi connectivity index (χ3n) is 4.12. The Balaban J connectivity index is 0.00000147. The van der Waals surface area contributed by atoms with E-state index in [9.17, 15) is 9.18 Å². The normalized spacial score (nSPS) is 27.8. The van der Waals surface area contributed by atoms with Gasteiger partial charge in [0.1, 0.15) is 5.82 Å². The van der Waals surface area contributed by atoms with Crippen molar-refractivity contribution < 1.29 is 9.18 Å². The van der Waals surface area contributed by atoms with Gasteiger partial charge in [-0.25, -0.2) is 4.39 Å². The van der Waals surface area contributed by atoms with Gasteiger partial charge in [-0.2, -0.15) is 0 Å². The van der Waals surface area contributed by atoms with Gasteiger partial charge < -0.3 is 10.6 Å². The highest BCUT2D eigenvalue weighted by atomic mass is 35.5. The Morgan fingerprint density at radius 2 is 1.80 bits per heavy atom. The number of halogens is 2. The van der Waals surface area contributed by atoms with E-state index >= 15 is 0 Å². The Morgan fingerprint density at radius 3 is 2.40 bits per heavy atom. The first-order valence-electron chi connectivity index (χ1n) is 6.99. The minimum Gasteiger partial charge on any atom is -0.353 e. The summed E-state index contributed by atoms with van der Waals surface area (Å²) in [6.45, 7) is 0. The number of piperidine rings is 1. The third kappa shape index (κ3) is 3.70. The van der Waals surface area contributed by atoms with E-state index < -0.39 is 0 Å². The number of hydrogen-bond acceptors (Lipinski definition) is 2. The number of carbonyl (C=O) groups is 1. The van der Waals surface area contributed by atoms with Crippen molar-refractivity contribution in [3.8, 4) is 0 Å². The molecule has 2 N–H and O–H groups in total. The molecule has 2 aliphatic heterocycles. The van der Waals surface area contributed by atoms with Gasteiger partial charge in [0.15, 0.2) is 0 Å². The summed E-state index contributed by atoms with van der Waals surface area (Å²) in [5.41, 5.74) is 0.857. The molecule has 3 rings (SSSR count). The summed E-state index contributed by atoms with van der Waals surface area (Å²) in [5.74, 6) is -0.225. The van der Waals surface area contributed by atoms with Gasteiger partial charge in [-0.1, -0.05) is 12.1 Å². The number of amides is 1. The van der Waals surface area contributed by atoms with Crippen LogP contribution in [0.15, 0.2) is 24.3 Å². The Bertz CT molecular complexity index is 453. The van der Waals surface area contributed by atoms with E-state index in [0.717, 1.165) is 18.4 Å². The van der Waals surface area contributed by atoms with Crippen molar-refractivity contribution in [2.75, 3.05) is 0 Å². The first-order valence-corrected chi connectivity index (χ1v) is 6.99. The minimum absolute atomic E-state index is 0. The molecular formula is C15H20ClFN2O. The van der Waals surface area contributed by atoms with Gasteiger partial charge >= 0.3 is 0 Å². The summed E-state index contributed by atoms with van der Waals surface area (Å²) < 4.78 is 12.8. The summed E-state index contributed by atoms with van der Waals surface area (Å²) >= 11 is 0. The number of fused-ring (bicyclic) bond motifs is 2. The Kier molecular flexibility index (Phi) is 5.00. The second-order valence-electron chi connectivity index (χ2n) is 5.68. The SMILES string of the molecule is Cl.O=C(Cc1ccc(F)cc1)NC1CC2CCC(C1)N2. The summed E-state index contributed by atoms with van der Waals surface area (Å²) in [4.78, 5) is 12.0. The van der Waals surface area contributed by atoms with Gasteiger partial charge in [-0.3, -0.25) is 4.79 Å². The zero-order valence-corrected chi connectivity index (χ0v) is 12.1. The number of rotatable bonds is 3. The van der Waals surface area contributed by atoms with Crippen LogP contribution in [-0.4, -0.2) is 24.0 Å². The van der Waals surface area contributed by atoms with E-state index in [4.69, 9.17) is 0 Å².